The van der Waals surface area contributed by atoms with Gasteiger partial charge in [0.15, 0.2) is 5.13 Å². The monoisotopic (exact) mass is 228 g/mol. The summed E-state index contributed by atoms with van der Waals surface area (Å²) in [7, 11) is 0. The van der Waals surface area contributed by atoms with Gasteiger partial charge < -0.3 is 15.2 Å². The Hall–Kier alpha value is -1.14. The molecule has 1 saturated heterocycles. The summed E-state index contributed by atoms with van der Waals surface area (Å²) >= 11 is 1.41. The average molecular weight is 228 g/mol. The van der Waals surface area contributed by atoms with Gasteiger partial charge in [0.25, 0.3) is 0 Å². The number of carboxylic acids is 1. The van der Waals surface area contributed by atoms with Gasteiger partial charge in [0.2, 0.25) is 0 Å². The fourth-order valence-corrected chi connectivity index (χ4v) is 2.23. The van der Waals surface area contributed by atoms with Crippen molar-refractivity contribution in [3.05, 3.63) is 11.6 Å². The largest absolute Gasteiger partial charge is 0.480 e. The molecular weight excluding hydrogens is 216 g/mol. The van der Waals surface area contributed by atoms with Gasteiger partial charge in [-0.25, -0.2) is 9.78 Å². The Morgan fingerprint density at radius 3 is 2.87 bits per heavy atom. The van der Waals surface area contributed by atoms with Gasteiger partial charge in [-0.15, -0.1) is 11.3 Å². The van der Waals surface area contributed by atoms with Gasteiger partial charge >= 0.3 is 5.97 Å². The second-order valence-corrected chi connectivity index (χ2v) is 4.36. The molecule has 0 aromatic carbocycles. The zero-order valence-electron chi connectivity index (χ0n) is 8.10. The van der Waals surface area contributed by atoms with Crippen molar-refractivity contribution in [2.24, 2.45) is 0 Å². The van der Waals surface area contributed by atoms with Crippen LogP contribution in [0.3, 0.4) is 0 Å². The molecule has 2 heterocycles. The van der Waals surface area contributed by atoms with E-state index < -0.39 is 11.5 Å². The van der Waals surface area contributed by atoms with E-state index in [9.17, 15) is 9.90 Å². The predicted molar refractivity (Wildman–Crippen MR) is 56.2 cm³/mol. The van der Waals surface area contributed by atoms with Crippen molar-refractivity contribution in [3.8, 4) is 0 Å². The number of thiazole rings is 1. The molecule has 0 amide bonds. The zero-order chi connectivity index (χ0) is 10.7. The summed E-state index contributed by atoms with van der Waals surface area (Å²) in [6.45, 7) is 0.954. The molecule has 6 heteroatoms. The highest BCUT2D eigenvalue weighted by Crippen LogP contribution is 2.27. The molecule has 0 aliphatic carbocycles. The fraction of sp³-hybridized carbons (Fsp3) is 0.556. The first-order chi connectivity index (χ1) is 7.23. The lowest BCUT2D eigenvalue weighted by Crippen LogP contribution is -2.50. The fourth-order valence-electron chi connectivity index (χ4n) is 1.60. The Morgan fingerprint density at radius 2 is 2.33 bits per heavy atom. The Morgan fingerprint density at radius 1 is 1.60 bits per heavy atom. The summed E-state index contributed by atoms with van der Waals surface area (Å²) < 4.78 is 5.17. The first-order valence-electron chi connectivity index (χ1n) is 4.72. The first-order valence-corrected chi connectivity index (χ1v) is 5.60. The molecule has 0 saturated carbocycles. The molecule has 0 bridgehead atoms. The molecule has 1 fully saturated rings. The maximum absolute atomic E-state index is 11.3. The summed E-state index contributed by atoms with van der Waals surface area (Å²) in [5, 5.41) is 14.7. The van der Waals surface area contributed by atoms with Crippen LogP contribution in [-0.4, -0.2) is 34.8 Å². The quantitative estimate of drug-likeness (QED) is 0.813. The van der Waals surface area contributed by atoms with E-state index in [-0.39, 0.29) is 0 Å². The Labute approximate surface area is 91.1 Å². The maximum atomic E-state index is 11.3. The molecule has 2 N–H and O–H groups in total. The Balaban J connectivity index is 2.15. The van der Waals surface area contributed by atoms with Gasteiger partial charge in [0.05, 0.1) is 0 Å². The molecule has 1 aliphatic heterocycles. The molecule has 82 valence electrons. The summed E-state index contributed by atoms with van der Waals surface area (Å²) in [5.74, 6) is -0.832. The second kappa shape index (κ2) is 4.16. The van der Waals surface area contributed by atoms with Crippen LogP contribution >= 0.6 is 11.3 Å². The Bertz CT molecular complexity index is 333. The topological polar surface area (TPSA) is 71.5 Å². The lowest BCUT2D eigenvalue weighted by molar-refractivity contribution is -0.145. The molecule has 1 aliphatic rings. The molecule has 15 heavy (non-hydrogen) atoms. The zero-order valence-corrected chi connectivity index (χ0v) is 8.92. The minimum absolute atomic E-state index is 0.474. The summed E-state index contributed by atoms with van der Waals surface area (Å²) in [5.41, 5.74) is -0.907. The van der Waals surface area contributed by atoms with Crippen molar-refractivity contribution in [2.75, 3.05) is 18.5 Å². The molecule has 0 unspecified atom stereocenters. The van der Waals surface area contributed by atoms with Crippen molar-refractivity contribution in [1.29, 1.82) is 0 Å². The minimum Gasteiger partial charge on any atom is -0.480 e. The van der Waals surface area contributed by atoms with Crippen molar-refractivity contribution in [3.63, 3.8) is 0 Å². The summed E-state index contributed by atoms with van der Waals surface area (Å²) in [4.78, 5) is 15.3. The number of nitrogens with one attached hydrogen (secondary N) is 1. The summed E-state index contributed by atoms with van der Waals surface area (Å²) in [6, 6.07) is 0. The van der Waals surface area contributed by atoms with Gasteiger partial charge in [-0.3, -0.25) is 0 Å². The minimum atomic E-state index is -0.907. The smallest absolute Gasteiger partial charge is 0.329 e. The molecule has 0 radical (unpaired) electrons. The standard InChI is InChI=1S/C9H12N2O3S/c12-7(13)9(1-4-14-5-2-9)11-8-10-3-6-15-8/h3,6H,1-2,4-5H2,(H,10,11)(H,12,13). The van der Waals surface area contributed by atoms with Crippen molar-refractivity contribution in [2.45, 2.75) is 18.4 Å². The molecule has 5 nitrogen and oxygen atoms in total. The van der Waals surface area contributed by atoms with Crippen LogP contribution in [0.2, 0.25) is 0 Å². The third-order valence-electron chi connectivity index (χ3n) is 2.53. The maximum Gasteiger partial charge on any atom is 0.329 e. The number of carbonyl (C=O) groups is 1. The van der Waals surface area contributed by atoms with E-state index in [1.165, 1.54) is 11.3 Å². The third-order valence-corrected chi connectivity index (χ3v) is 3.22. The highest BCUT2D eigenvalue weighted by Gasteiger charge is 2.40. The van der Waals surface area contributed by atoms with Gasteiger partial charge in [0.1, 0.15) is 5.54 Å². The second-order valence-electron chi connectivity index (χ2n) is 3.46. The van der Waals surface area contributed by atoms with Crippen LogP contribution in [0.15, 0.2) is 11.6 Å². The number of ether oxygens (including phenoxy) is 1. The van der Waals surface area contributed by atoms with E-state index in [2.05, 4.69) is 10.3 Å². The molecular formula is C9H12N2O3S. The number of anilines is 1. The predicted octanol–water partition coefficient (Wildman–Crippen LogP) is 1.19. The molecule has 1 aromatic rings. The highest BCUT2D eigenvalue weighted by molar-refractivity contribution is 7.13. The third kappa shape index (κ3) is 2.10. The van der Waals surface area contributed by atoms with E-state index in [4.69, 9.17) is 4.74 Å². The van der Waals surface area contributed by atoms with Gasteiger partial charge in [-0.05, 0) is 0 Å². The highest BCUT2D eigenvalue weighted by atomic mass is 32.1. The van der Waals surface area contributed by atoms with Crippen LogP contribution < -0.4 is 5.32 Å². The van der Waals surface area contributed by atoms with E-state index in [1.54, 1.807) is 6.20 Å². The summed E-state index contributed by atoms with van der Waals surface area (Å²) in [6.07, 6.45) is 2.60. The number of hydrogen-bond donors (Lipinski definition) is 2. The number of aliphatic carboxylic acids is 1. The van der Waals surface area contributed by atoms with Crippen LogP contribution in [0.4, 0.5) is 5.13 Å². The molecule has 1 aromatic heterocycles. The Kier molecular flexibility index (Phi) is 2.88. The van der Waals surface area contributed by atoms with Crippen molar-refractivity contribution in [1.82, 2.24) is 4.98 Å². The van der Waals surface area contributed by atoms with E-state index in [0.717, 1.165) is 0 Å². The number of hydrogen-bond acceptors (Lipinski definition) is 5. The normalized spacial score (nSPS) is 19.7. The van der Waals surface area contributed by atoms with Crippen LogP contribution in [0.25, 0.3) is 0 Å². The van der Waals surface area contributed by atoms with E-state index in [1.807, 2.05) is 5.38 Å². The lowest BCUT2D eigenvalue weighted by atomic mass is 9.90. The molecule has 2 rings (SSSR count). The van der Waals surface area contributed by atoms with Crippen LogP contribution in [0.1, 0.15) is 12.8 Å². The van der Waals surface area contributed by atoms with Crippen LogP contribution in [0.5, 0.6) is 0 Å². The number of carboxylic acid groups (broad SMARTS) is 1. The average Bonchev–Trinajstić information content (AvgIpc) is 2.71. The number of nitrogens with zero attached hydrogens (tertiary/aromatic N) is 1. The van der Waals surface area contributed by atoms with E-state index in [0.29, 0.717) is 31.2 Å². The number of aromatic nitrogens is 1. The number of rotatable bonds is 3. The van der Waals surface area contributed by atoms with E-state index >= 15 is 0 Å². The van der Waals surface area contributed by atoms with Gasteiger partial charge in [-0.1, -0.05) is 0 Å². The molecule has 0 atom stereocenters. The SMILES string of the molecule is O=C(O)C1(Nc2nccs2)CCOCC1. The van der Waals surface area contributed by atoms with Crippen LogP contribution in [-0.2, 0) is 9.53 Å². The van der Waals surface area contributed by atoms with Crippen molar-refractivity contribution >= 4 is 22.4 Å². The first kappa shape index (κ1) is 10.4. The lowest BCUT2D eigenvalue weighted by Gasteiger charge is -2.33. The van der Waals surface area contributed by atoms with Gasteiger partial charge in [0, 0.05) is 37.6 Å². The van der Waals surface area contributed by atoms with Gasteiger partial charge in [-0.2, -0.15) is 0 Å². The van der Waals surface area contributed by atoms with Crippen molar-refractivity contribution < 1.29 is 14.6 Å². The molecule has 0 spiro atoms. The van der Waals surface area contributed by atoms with Crippen LogP contribution in [0, 0.1) is 0 Å².